The lowest BCUT2D eigenvalue weighted by Crippen LogP contribution is -2.01. The van der Waals surface area contributed by atoms with Crippen LogP contribution in [0.15, 0.2) is 192 Å². The molecule has 0 bridgehead atoms. The molecular formula is C51H31N3OS. The first-order chi connectivity index (χ1) is 27.7. The van der Waals surface area contributed by atoms with Crippen LogP contribution in [0, 0.1) is 0 Å². The fourth-order valence-corrected chi connectivity index (χ4v) is 8.98. The summed E-state index contributed by atoms with van der Waals surface area (Å²) in [6.07, 6.45) is 0. The van der Waals surface area contributed by atoms with Crippen molar-refractivity contribution in [2.45, 2.75) is 0 Å². The summed E-state index contributed by atoms with van der Waals surface area (Å²) in [7, 11) is 0. The molecule has 8 aromatic carbocycles. The molecule has 0 saturated carbocycles. The van der Waals surface area contributed by atoms with Gasteiger partial charge >= 0.3 is 0 Å². The monoisotopic (exact) mass is 733 g/mol. The summed E-state index contributed by atoms with van der Waals surface area (Å²) in [6.45, 7) is 0. The lowest BCUT2D eigenvalue weighted by molar-refractivity contribution is 0.669. The van der Waals surface area contributed by atoms with E-state index in [4.69, 9.17) is 19.4 Å². The van der Waals surface area contributed by atoms with Crippen molar-refractivity contribution in [3.8, 4) is 67.5 Å². The number of hydrogen-bond donors (Lipinski definition) is 0. The molecule has 262 valence electrons. The Bertz CT molecular complexity index is 3160. The van der Waals surface area contributed by atoms with E-state index in [0.29, 0.717) is 17.5 Å². The second kappa shape index (κ2) is 13.3. The van der Waals surface area contributed by atoms with Gasteiger partial charge in [0.05, 0.1) is 5.56 Å². The lowest BCUT2D eigenvalue weighted by atomic mass is 9.96. The maximum atomic E-state index is 6.78. The third kappa shape index (κ3) is 5.56. The van der Waals surface area contributed by atoms with Gasteiger partial charge in [-0.1, -0.05) is 152 Å². The van der Waals surface area contributed by atoms with E-state index in [1.165, 1.54) is 20.2 Å². The minimum absolute atomic E-state index is 0.552. The molecule has 3 aromatic heterocycles. The van der Waals surface area contributed by atoms with Crippen LogP contribution >= 0.6 is 11.3 Å². The zero-order valence-corrected chi connectivity index (χ0v) is 30.9. The summed E-state index contributed by atoms with van der Waals surface area (Å²) in [6, 6.07) is 65.6. The number of para-hydroxylation sites is 1. The molecule has 11 rings (SSSR count). The smallest absolute Gasteiger partial charge is 0.167 e. The molecule has 11 aromatic rings. The predicted molar refractivity (Wildman–Crippen MR) is 233 cm³/mol. The molecule has 3 heterocycles. The molecule has 0 aliphatic carbocycles. The first-order valence-corrected chi connectivity index (χ1v) is 19.5. The van der Waals surface area contributed by atoms with Gasteiger partial charge < -0.3 is 4.42 Å². The molecule has 0 fully saturated rings. The van der Waals surface area contributed by atoms with Crippen molar-refractivity contribution in [3.05, 3.63) is 188 Å². The Morgan fingerprint density at radius 1 is 0.339 bits per heavy atom. The Labute approximate surface area is 327 Å². The summed E-state index contributed by atoms with van der Waals surface area (Å²) in [5.41, 5.74) is 10.9. The highest BCUT2D eigenvalue weighted by atomic mass is 32.1. The van der Waals surface area contributed by atoms with Gasteiger partial charge in [-0.15, -0.1) is 11.3 Å². The molecule has 0 N–H and O–H groups in total. The third-order valence-electron chi connectivity index (χ3n) is 10.5. The fraction of sp³-hybridized carbons (Fsp3) is 0. The van der Waals surface area contributed by atoms with Crippen LogP contribution in [-0.4, -0.2) is 15.0 Å². The Hall–Kier alpha value is -7.21. The van der Waals surface area contributed by atoms with Crippen molar-refractivity contribution in [1.29, 1.82) is 0 Å². The molecule has 0 saturated heterocycles. The first kappa shape index (κ1) is 32.2. The number of rotatable bonds is 6. The largest absolute Gasteiger partial charge is 0.455 e. The van der Waals surface area contributed by atoms with Crippen LogP contribution in [0.1, 0.15) is 0 Å². The van der Waals surface area contributed by atoms with Crippen LogP contribution in [0.2, 0.25) is 0 Å². The van der Waals surface area contributed by atoms with E-state index in [0.717, 1.165) is 72.0 Å². The molecule has 56 heavy (non-hydrogen) atoms. The number of thiophene rings is 1. The van der Waals surface area contributed by atoms with Crippen molar-refractivity contribution < 1.29 is 4.42 Å². The SMILES string of the molecule is c1ccc(-c2cccc(-c3nc(-c4cccc(-c5ccccc5)c4)nc(-c4ccc(-c5ccc6c(c5)sc5ccccc56)c5c4oc4ccccc45)n3)c2)cc1. The van der Waals surface area contributed by atoms with Gasteiger partial charge in [0.2, 0.25) is 0 Å². The molecule has 5 heteroatoms. The van der Waals surface area contributed by atoms with Gasteiger partial charge in [0, 0.05) is 42.1 Å². The van der Waals surface area contributed by atoms with Crippen LogP contribution in [0.5, 0.6) is 0 Å². The van der Waals surface area contributed by atoms with Gasteiger partial charge in [-0.2, -0.15) is 0 Å². The Balaban J connectivity index is 1.13. The Kier molecular flexibility index (Phi) is 7.64. The molecule has 0 atom stereocenters. The Morgan fingerprint density at radius 2 is 0.875 bits per heavy atom. The minimum Gasteiger partial charge on any atom is -0.455 e. The zero-order valence-electron chi connectivity index (χ0n) is 30.1. The van der Waals surface area contributed by atoms with Crippen LogP contribution in [0.3, 0.4) is 0 Å². The standard InChI is InChI=1S/C51H31N3OS/c1-3-13-32(14-4-1)34-17-11-19-37(29-34)49-52-50(38-20-12-18-35(30-38)33-15-5-2-6-16-33)54-51(53-49)43-28-27-39(47-42-22-7-9-23-44(42)55-48(43)47)36-25-26-41-40-21-8-10-24-45(40)56-46(41)31-36/h1-31H. The van der Waals surface area contributed by atoms with Crippen molar-refractivity contribution in [3.63, 3.8) is 0 Å². The predicted octanol–water partition coefficient (Wildman–Crippen LogP) is 14.1. The van der Waals surface area contributed by atoms with E-state index in [-0.39, 0.29) is 0 Å². The van der Waals surface area contributed by atoms with E-state index in [1.54, 1.807) is 0 Å². The summed E-state index contributed by atoms with van der Waals surface area (Å²) in [5, 5.41) is 4.66. The number of fused-ring (bicyclic) bond motifs is 6. The molecule has 0 aliphatic rings. The third-order valence-corrected chi connectivity index (χ3v) is 11.7. The van der Waals surface area contributed by atoms with Gasteiger partial charge in [0.25, 0.3) is 0 Å². The van der Waals surface area contributed by atoms with E-state index in [1.807, 2.05) is 35.6 Å². The highest BCUT2D eigenvalue weighted by Crippen LogP contribution is 2.44. The maximum Gasteiger partial charge on any atom is 0.167 e. The van der Waals surface area contributed by atoms with Gasteiger partial charge in [-0.05, 0) is 69.8 Å². The van der Waals surface area contributed by atoms with Crippen LogP contribution in [0.4, 0.5) is 0 Å². The van der Waals surface area contributed by atoms with Gasteiger partial charge in [-0.3, -0.25) is 0 Å². The summed E-state index contributed by atoms with van der Waals surface area (Å²) in [5.74, 6) is 1.74. The molecule has 0 spiro atoms. The zero-order chi connectivity index (χ0) is 37.0. The highest BCUT2D eigenvalue weighted by Gasteiger charge is 2.21. The minimum atomic E-state index is 0.552. The van der Waals surface area contributed by atoms with E-state index < -0.39 is 0 Å². The molecular weight excluding hydrogens is 703 g/mol. The van der Waals surface area contributed by atoms with Crippen molar-refractivity contribution in [2.24, 2.45) is 0 Å². The van der Waals surface area contributed by atoms with Crippen molar-refractivity contribution in [2.75, 3.05) is 0 Å². The molecule has 0 amide bonds. The number of hydrogen-bond acceptors (Lipinski definition) is 5. The topological polar surface area (TPSA) is 51.8 Å². The summed E-state index contributed by atoms with van der Waals surface area (Å²) >= 11 is 1.83. The van der Waals surface area contributed by atoms with E-state index >= 15 is 0 Å². The molecule has 4 nitrogen and oxygen atoms in total. The lowest BCUT2D eigenvalue weighted by Gasteiger charge is -2.12. The summed E-state index contributed by atoms with van der Waals surface area (Å²) < 4.78 is 9.33. The Morgan fingerprint density at radius 3 is 1.57 bits per heavy atom. The average Bonchev–Trinajstić information content (AvgIpc) is 3.85. The normalized spacial score (nSPS) is 11.6. The second-order valence-corrected chi connectivity index (χ2v) is 15.1. The van der Waals surface area contributed by atoms with Crippen LogP contribution in [0.25, 0.3) is 110 Å². The maximum absolute atomic E-state index is 6.78. The molecule has 0 aliphatic heterocycles. The number of nitrogens with zero attached hydrogens (tertiary/aromatic N) is 3. The second-order valence-electron chi connectivity index (χ2n) is 14.0. The van der Waals surface area contributed by atoms with Crippen LogP contribution < -0.4 is 0 Å². The molecule has 0 radical (unpaired) electrons. The summed E-state index contributed by atoms with van der Waals surface area (Å²) in [4.78, 5) is 15.6. The molecule has 0 unspecified atom stereocenters. The van der Waals surface area contributed by atoms with E-state index in [2.05, 4.69) is 164 Å². The fourth-order valence-electron chi connectivity index (χ4n) is 7.83. The average molecular weight is 734 g/mol. The van der Waals surface area contributed by atoms with Crippen molar-refractivity contribution >= 4 is 53.4 Å². The van der Waals surface area contributed by atoms with Gasteiger partial charge in [0.15, 0.2) is 17.5 Å². The first-order valence-electron chi connectivity index (χ1n) is 18.7. The number of benzene rings is 8. The van der Waals surface area contributed by atoms with Crippen LogP contribution in [-0.2, 0) is 0 Å². The highest BCUT2D eigenvalue weighted by molar-refractivity contribution is 7.25. The quantitative estimate of drug-likeness (QED) is 0.171. The van der Waals surface area contributed by atoms with Crippen molar-refractivity contribution in [1.82, 2.24) is 15.0 Å². The van der Waals surface area contributed by atoms with Gasteiger partial charge in [0.1, 0.15) is 11.2 Å². The number of aromatic nitrogens is 3. The number of furan rings is 1. The van der Waals surface area contributed by atoms with Gasteiger partial charge in [-0.25, -0.2) is 15.0 Å². The van der Waals surface area contributed by atoms with E-state index in [9.17, 15) is 0 Å².